The summed E-state index contributed by atoms with van der Waals surface area (Å²) in [5.74, 6) is 0. The molecule has 0 nitrogen and oxygen atoms in total. The van der Waals surface area contributed by atoms with Gasteiger partial charge in [-0.2, -0.15) is 22.8 Å². The molecule has 0 aliphatic rings. The summed E-state index contributed by atoms with van der Waals surface area (Å²) in [6.07, 6.45) is 17.8. The molecular weight excluding hydrogens is 428 g/mol. The second kappa shape index (κ2) is 18.6. The topological polar surface area (TPSA) is 0 Å². The van der Waals surface area contributed by atoms with Crippen molar-refractivity contribution in [2.45, 2.75) is 138 Å². The van der Waals surface area contributed by atoms with E-state index in [1.807, 2.05) is 0 Å². The molecule has 0 aromatic heterocycles. The van der Waals surface area contributed by atoms with Crippen LogP contribution in [0.3, 0.4) is 0 Å². The van der Waals surface area contributed by atoms with E-state index in [1.54, 1.807) is 38.9 Å². The Balaban J connectivity index is 0.000000592. The van der Waals surface area contributed by atoms with Crippen LogP contribution in [0.25, 0.3) is 0 Å². The Bertz CT molecular complexity index is 646. The van der Waals surface area contributed by atoms with Crippen LogP contribution in [-0.2, 0) is 62.0 Å². The van der Waals surface area contributed by atoms with Crippen LogP contribution in [0.1, 0.15) is 132 Å². The van der Waals surface area contributed by atoms with Gasteiger partial charge in [0.15, 0.2) is 0 Å². The number of hydrogen-bond acceptors (Lipinski definition) is 0. The van der Waals surface area contributed by atoms with Crippen molar-refractivity contribution in [2.75, 3.05) is 0 Å². The van der Waals surface area contributed by atoms with Crippen molar-refractivity contribution in [2.24, 2.45) is 0 Å². The molecule has 0 saturated heterocycles. The zero-order valence-corrected chi connectivity index (χ0v) is 23.6. The molecule has 0 aliphatic carbocycles. The molecule has 0 spiro atoms. The van der Waals surface area contributed by atoms with Gasteiger partial charge in [0.1, 0.15) is 0 Å². The molecule has 32 heavy (non-hydrogen) atoms. The molecular formula is C31H52Fe-6. The van der Waals surface area contributed by atoms with Crippen molar-refractivity contribution in [3.05, 3.63) is 57.1 Å². The van der Waals surface area contributed by atoms with Crippen LogP contribution in [-0.4, -0.2) is 0 Å². The average Bonchev–Trinajstić information content (AvgIpc) is 3.27. The minimum Gasteiger partial charge on any atom is -0.742 e. The first kappa shape index (κ1) is 31.2. The Morgan fingerprint density at radius 2 is 1.06 bits per heavy atom. The first-order chi connectivity index (χ1) is 15.1. The Hall–Kier alpha value is -0.781. The zero-order valence-electron chi connectivity index (χ0n) is 22.5. The van der Waals surface area contributed by atoms with Crippen LogP contribution < -0.4 is 0 Å². The van der Waals surface area contributed by atoms with E-state index in [0.717, 1.165) is 0 Å². The Morgan fingerprint density at radius 3 is 1.47 bits per heavy atom. The van der Waals surface area contributed by atoms with Crippen LogP contribution >= 0.6 is 0 Å². The van der Waals surface area contributed by atoms with Crippen LogP contribution in [0, 0.1) is 0 Å². The largest absolute Gasteiger partial charge is 0.742 e. The fourth-order valence-electron chi connectivity index (χ4n) is 5.07. The minimum atomic E-state index is 0. The quantitative estimate of drug-likeness (QED) is 0.187. The molecule has 0 N–H and O–H groups in total. The molecule has 1 heteroatoms. The first-order valence-corrected chi connectivity index (χ1v) is 13.7. The van der Waals surface area contributed by atoms with Gasteiger partial charge in [0.25, 0.3) is 0 Å². The van der Waals surface area contributed by atoms with Crippen LogP contribution in [0.2, 0.25) is 0 Å². The van der Waals surface area contributed by atoms with Crippen molar-refractivity contribution < 1.29 is 17.1 Å². The molecule has 0 amide bonds. The van der Waals surface area contributed by atoms with Gasteiger partial charge in [-0.3, -0.25) is 0 Å². The van der Waals surface area contributed by atoms with Crippen molar-refractivity contribution in [1.29, 1.82) is 0 Å². The van der Waals surface area contributed by atoms with Crippen molar-refractivity contribution in [1.82, 2.24) is 0 Å². The van der Waals surface area contributed by atoms with Crippen molar-refractivity contribution in [3.8, 4) is 0 Å². The fourth-order valence-corrected chi connectivity index (χ4v) is 5.07. The van der Waals surface area contributed by atoms with Gasteiger partial charge < -0.3 is 28.3 Å². The standard InChI is InChI=1S/C17H29.C14H23.Fe/c1-5-9-14-13-15(10-6-2)17(12-8-4)16(14)11-7-3;1-4-7-12-10-11-13(8-5-2)14(12)9-6-3;/h13H,5-12H2,1-4H3;10-11H,4-9H2,1-3H3;/q-5;-1;. The number of aryl methyl sites for hydroxylation is 4. The molecule has 0 radical (unpaired) electrons. The van der Waals surface area contributed by atoms with E-state index in [1.165, 1.54) is 89.9 Å². The normalized spacial score (nSPS) is 10.6. The summed E-state index contributed by atoms with van der Waals surface area (Å²) in [5.41, 5.74) is 11.6. The van der Waals surface area contributed by atoms with E-state index >= 15 is 0 Å². The van der Waals surface area contributed by atoms with Gasteiger partial charge in [0, 0.05) is 17.1 Å². The molecule has 0 atom stereocenters. The third-order valence-corrected chi connectivity index (χ3v) is 6.33. The first-order valence-electron chi connectivity index (χ1n) is 13.7. The third kappa shape index (κ3) is 9.60. The fraction of sp³-hybridized carbons (Fsp3) is 0.677. The van der Waals surface area contributed by atoms with Gasteiger partial charge in [-0.15, -0.1) is 0 Å². The SMILES string of the molecule is CCC[c-]1[cH-][c-](CCC)[c-](CCC)[c-]1CCC.CCCc1cc[c-](CCC)c1CCC.[Fe]. The summed E-state index contributed by atoms with van der Waals surface area (Å²) in [5, 5.41) is 0. The van der Waals surface area contributed by atoms with E-state index in [2.05, 4.69) is 66.7 Å². The van der Waals surface area contributed by atoms with E-state index in [0.29, 0.717) is 0 Å². The summed E-state index contributed by atoms with van der Waals surface area (Å²) in [6, 6.07) is 7.21. The molecule has 2 aromatic rings. The summed E-state index contributed by atoms with van der Waals surface area (Å²) in [7, 11) is 0. The van der Waals surface area contributed by atoms with E-state index in [9.17, 15) is 0 Å². The van der Waals surface area contributed by atoms with Crippen LogP contribution in [0.5, 0.6) is 0 Å². The van der Waals surface area contributed by atoms with E-state index in [4.69, 9.17) is 0 Å². The summed E-state index contributed by atoms with van der Waals surface area (Å²) in [6.45, 7) is 16.0. The second-order valence-electron chi connectivity index (χ2n) is 9.26. The Kier molecular flexibility index (Phi) is 18.2. The zero-order chi connectivity index (χ0) is 23.1. The van der Waals surface area contributed by atoms with Crippen molar-refractivity contribution >= 4 is 0 Å². The Labute approximate surface area is 212 Å². The van der Waals surface area contributed by atoms with Gasteiger partial charge in [-0.1, -0.05) is 113 Å². The maximum absolute atomic E-state index is 2.52. The van der Waals surface area contributed by atoms with E-state index in [-0.39, 0.29) is 17.1 Å². The number of hydrogen-bond donors (Lipinski definition) is 0. The van der Waals surface area contributed by atoms with E-state index < -0.39 is 0 Å². The maximum Gasteiger partial charge on any atom is 0 e. The maximum atomic E-state index is 2.52. The van der Waals surface area contributed by atoms with Gasteiger partial charge >= 0.3 is 0 Å². The second-order valence-corrected chi connectivity index (χ2v) is 9.26. The molecule has 0 heterocycles. The summed E-state index contributed by atoms with van der Waals surface area (Å²) < 4.78 is 0. The smallest absolute Gasteiger partial charge is 0 e. The van der Waals surface area contributed by atoms with Gasteiger partial charge in [-0.05, 0) is 0 Å². The minimum absolute atomic E-state index is 0. The van der Waals surface area contributed by atoms with Gasteiger partial charge in [-0.25, -0.2) is 31.7 Å². The predicted octanol–water partition coefficient (Wildman–Crippen LogP) is 9.48. The van der Waals surface area contributed by atoms with Crippen LogP contribution in [0.4, 0.5) is 0 Å². The average molecular weight is 481 g/mol. The molecule has 0 fully saturated rings. The van der Waals surface area contributed by atoms with Gasteiger partial charge in [0.05, 0.1) is 0 Å². The van der Waals surface area contributed by atoms with Crippen LogP contribution in [0.15, 0.2) is 18.2 Å². The number of rotatable bonds is 14. The molecule has 2 aromatic carbocycles. The molecule has 2 rings (SSSR count). The molecule has 0 saturated carbocycles. The molecule has 0 bridgehead atoms. The monoisotopic (exact) mass is 480 g/mol. The Morgan fingerprint density at radius 1 is 0.594 bits per heavy atom. The molecule has 0 unspecified atom stereocenters. The van der Waals surface area contributed by atoms with Crippen molar-refractivity contribution in [3.63, 3.8) is 0 Å². The summed E-state index contributed by atoms with van der Waals surface area (Å²) in [4.78, 5) is 0. The molecule has 190 valence electrons. The van der Waals surface area contributed by atoms with Gasteiger partial charge in [0.2, 0.25) is 0 Å². The molecule has 0 aliphatic heterocycles. The third-order valence-electron chi connectivity index (χ3n) is 6.33. The predicted molar refractivity (Wildman–Crippen MR) is 142 cm³/mol. The summed E-state index contributed by atoms with van der Waals surface area (Å²) >= 11 is 0.